The minimum atomic E-state index is -3.64. The van der Waals surface area contributed by atoms with Crippen LogP contribution in [0.25, 0.3) is 0 Å². The first kappa shape index (κ1) is 24.8. The van der Waals surface area contributed by atoms with Gasteiger partial charge in [0.25, 0.3) is 5.56 Å². The van der Waals surface area contributed by atoms with E-state index in [0.717, 1.165) is 0 Å². The number of hydrogen-bond acceptors (Lipinski definition) is 7. The van der Waals surface area contributed by atoms with Crippen LogP contribution in [0.5, 0.6) is 0 Å². The molecule has 0 spiro atoms. The second-order valence-corrected chi connectivity index (χ2v) is 13.3. The van der Waals surface area contributed by atoms with E-state index in [1.54, 1.807) is 27.7 Å². The molecule has 176 valence electrons. The third kappa shape index (κ3) is 5.55. The zero-order chi connectivity index (χ0) is 23.4. The number of aryl methyl sites for hydroxylation is 1. The van der Waals surface area contributed by atoms with Crippen LogP contribution in [0.15, 0.2) is 15.8 Å². The summed E-state index contributed by atoms with van der Waals surface area (Å²) in [6, 6.07) is 0. The number of rotatable bonds is 5. The molecule has 0 aromatic carbocycles. The second-order valence-electron chi connectivity index (χ2n) is 10.6. The lowest BCUT2D eigenvalue weighted by Gasteiger charge is -2.43. The molecule has 2 fully saturated rings. The number of nitrogens with one attached hydrogen (secondary N) is 1. The van der Waals surface area contributed by atoms with Crippen LogP contribution in [0.2, 0.25) is 0 Å². The Morgan fingerprint density at radius 3 is 2.55 bits per heavy atom. The summed E-state index contributed by atoms with van der Waals surface area (Å²) in [5.41, 5.74) is -2.38. The van der Waals surface area contributed by atoms with E-state index in [2.05, 4.69) is 25.8 Å². The van der Waals surface area contributed by atoms with E-state index in [0.29, 0.717) is 25.0 Å². The average Bonchev–Trinajstić information content (AvgIpc) is 2.70. The molecule has 3 rings (SSSR count). The van der Waals surface area contributed by atoms with Crippen LogP contribution >= 0.6 is 6.72 Å². The lowest BCUT2D eigenvalue weighted by Crippen LogP contribution is -2.52. The zero-order valence-electron chi connectivity index (χ0n) is 19.1. The molecule has 0 aliphatic carbocycles. The molecule has 2 unspecified atom stereocenters. The normalized spacial score (nSPS) is 30.9. The lowest BCUT2D eigenvalue weighted by atomic mass is 9.76. The van der Waals surface area contributed by atoms with E-state index in [-0.39, 0.29) is 5.41 Å². The minimum absolute atomic E-state index is 0.146. The standard InChI is InChI=1S/C20H33N2O7PS/c1-12-10-22(17(24)21-15(12)23)16-13-14(28-30(25,31)29-19(5,6)7)20(27-16,8-9-26-13)11-18(2,3)4/h10,13-14,16H,8-9,11H2,1-7H3,(H,25,31)(H,21,23,24)/t13?,14-,16-,20-,30?/m1/s1. The van der Waals surface area contributed by atoms with Gasteiger partial charge in [0.1, 0.15) is 17.8 Å². The van der Waals surface area contributed by atoms with E-state index in [9.17, 15) is 14.5 Å². The van der Waals surface area contributed by atoms with Crippen LogP contribution < -0.4 is 11.2 Å². The van der Waals surface area contributed by atoms with E-state index in [4.69, 9.17) is 30.3 Å². The number of aromatic nitrogens is 2. The third-order valence-corrected chi connectivity index (χ3v) is 6.93. The molecule has 3 heterocycles. The average molecular weight is 477 g/mol. The Balaban J connectivity index is 2.05. The van der Waals surface area contributed by atoms with Crippen molar-refractivity contribution in [2.24, 2.45) is 5.41 Å². The summed E-state index contributed by atoms with van der Waals surface area (Å²) in [7, 11) is 0. The van der Waals surface area contributed by atoms with Crippen LogP contribution in [-0.4, -0.2) is 44.5 Å². The monoisotopic (exact) mass is 476 g/mol. The minimum Gasteiger partial charge on any atom is -0.371 e. The molecule has 2 N–H and O–H groups in total. The van der Waals surface area contributed by atoms with Gasteiger partial charge in [-0.3, -0.25) is 18.9 Å². The van der Waals surface area contributed by atoms with Gasteiger partial charge in [-0.25, -0.2) is 4.79 Å². The fourth-order valence-electron chi connectivity index (χ4n) is 4.35. The third-order valence-electron chi connectivity index (χ3n) is 5.17. The number of aromatic amines is 1. The maximum atomic E-state index is 12.6. The smallest absolute Gasteiger partial charge is 0.330 e. The van der Waals surface area contributed by atoms with Crippen molar-refractivity contribution in [3.63, 3.8) is 0 Å². The molecule has 11 heteroatoms. The second kappa shape index (κ2) is 8.17. The maximum absolute atomic E-state index is 12.6. The molecule has 2 aliphatic rings. The fourth-order valence-corrected chi connectivity index (χ4v) is 6.63. The first-order chi connectivity index (χ1) is 14.0. The van der Waals surface area contributed by atoms with Gasteiger partial charge in [0, 0.05) is 18.2 Å². The molecule has 0 radical (unpaired) electrons. The molecule has 2 bridgehead atoms. The fraction of sp³-hybridized carbons (Fsp3) is 0.800. The van der Waals surface area contributed by atoms with Gasteiger partial charge in [-0.15, -0.1) is 0 Å². The highest BCUT2D eigenvalue weighted by Gasteiger charge is 2.62. The lowest BCUT2D eigenvalue weighted by molar-refractivity contribution is -0.134. The number of nitrogens with zero attached hydrogens (tertiary/aromatic N) is 1. The van der Waals surface area contributed by atoms with Crippen molar-refractivity contribution in [1.82, 2.24) is 9.55 Å². The summed E-state index contributed by atoms with van der Waals surface area (Å²) >= 11 is 5.31. The van der Waals surface area contributed by atoms with Crippen molar-refractivity contribution in [2.45, 2.75) is 90.9 Å². The summed E-state index contributed by atoms with van der Waals surface area (Å²) in [4.78, 5) is 37.6. The molecule has 9 nitrogen and oxygen atoms in total. The Kier molecular flexibility index (Phi) is 6.52. The first-order valence-corrected chi connectivity index (χ1v) is 12.9. The van der Waals surface area contributed by atoms with Gasteiger partial charge in [-0.1, -0.05) is 20.8 Å². The molecule has 0 saturated carbocycles. The van der Waals surface area contributed by atoms with Gasteiger partial charge in [0.2, 0.25) is 0 Å². The zero-order valence-corrected chi connectivity index (χ0v) is 20.8. The van der Waals surface area contributed by atoms with E-state index in [1.807, 2.05) is 0 Å². The molecule has 5 atom stereocenters. The number of fused-ring (bicyclic) bond motifs is 2. The summed E-state index contributed by atoms with van der Waals surface area (Å²) in [5.74, 6) is 0. The van der Waals surface area contributed by atoms with Crippen molar-refractivity contribution < 1.29 is 23.4 Å². The van der Waals surface area contributed by atoms with E-state index < -0.39 is 47.6 Å². The molecule has 2 saturated heterocycles. The van der Waals surface area contributed by atoms with Crippen LogP contribution in [0, 0.1) is 12.3 Å². The summed E-state index contributed by atoms with van der Waals surface area (Å²) < 4.78 is 25.5. The SMILES string of the molecule is Cc1cn([C@@H]2O[C@@]3(CC(C)(C)C)CCOC2[C@H]3OP(O)(=S)OC(C)(C)C)c(=O)[nH]c1=O. The summed E-state index contributed by atoms with van der Waals surface area (Å²) in [6.45, 7) is 9.97. The Labute approximate surface area is 187 Å². The number of hydrogen-bond donors (Lipinski definition) is 2. The molecule has 1 aromatic rings. The van der Waals surface area contributed by atoms with Crippen molar-refractivity contribution in [3.05, 3.63) is 32.6 Å². The number of ether oxygens (including phenoxy) is 2. The van der Waals surface area contributed by atoms with Crippen LogP contribution in [0.3, 0.4) is 0 Å². The molecule has 31 heavy (non-hydrogen) atoms. The summed E-state index contributed by atoms with van der Waals surface area (Å²) in [5, 5.41) is 0. The molecule has 0 amide bonds. The highest BCUT2D eigenvalue weighted by molar-refractivity contribution is 8.07. The molecular weight excluding hydrogens is 443 g/mol. The Morgan fingerprint density at radius 1 is 1.32 bits per heavy atom. The van der Waals surface area contributed by atoms with Crippen LogP contribution in [-0.2, 0) is 30.3 Å². The van der Waals surface area contributed by atoms with Gasteiger partial charge >= 0.3 is 12.4 Å². The largest absolute Gasteiger partial charge is 0.371 e. The Morgan fingerprint density at radius 2 is 1.97 bits per heavy atom. The van der Waals surface area contributed by atoms with Gasteiger partial charge in [-0.2, -0.15) is 0 Å². The van der Waals surface area contributed by atoms with Gasteiger partial charge in [-0.05, 0) is 51.3 Å². The maximum Gasteiger partial charge on any atom is 0.330 e. The van der Waals surface area contributed by atoms with Crippen LogP contribution in [0.4, 0.5) is 0 Å². The van der Waals surface area contributed by atoms with Gasteiger partial charge in [0.15, 0.2) is 6.23 Å². The topological polar surface area (TPSA) is 112 Å². The van der Waals surface area contributed by atoms with Crippen molar-refractivity contribution in [2.75, 3.05) is 6.61 Å². The first-order valence-electron chi connectivity index (χ1n) is 10.4. The highest BCUT2D eigenvalue weighted by atomic mass is 32.5. The molecular formula is C20H33N2O7PS. The highest BCUT2D eigenvalue weighted by Crippen LogP contribution is 2.57. The predicted octanol–water partition coefficient (Wildman–Crippen LogP) is 2.75. The molecule has 2 aliphatic heterocycles. The van der Waals surface area contributed by atoms with Gasteiger partial charge in [0.05, 0.1) is 12.2 Å². The van der Waals surface area contributed by atoms with Crippen molar-refractivity contribution >= 4 is 18.5 Å². The Hall–Kier alpha value is -0.870. The Bertz CT molecular complexity index is 993. The number of H-pyrrole nitrogens is 1. The van der Waals surface area contributed by atoms with Gasteiger partial charge < -0.3 is 18.9 Å². The van der Waals surface area contributed by atoms with Crippen LogP contribution in [0.1, 0.15) is 66.2 Å². The quantitative estimate of drug-likeness (QED) is 0.624. The van der Waals surface area contributed by atoms with Crippen molar-refractivity contribution in [1.29, 1.82) is 0 Å². The predicted molar refractivity (Wildman–Crippen MR) is 120 cm³/mol. The van der Waals surface area contributed by atoms with E-state index in [1.165, 1.54) is 10.8 Å². The summed E-state index contributed by atoms with van der Waals surface area (Å²) in [6.07, 6.45) is 0.244. The van der Waals surface area contributed by atoms with E-state index >= 15 is 0 Å². The molecule has 1 aromatic heterocycles. The van der Waals surface area contributed by atoms with Crippen molar-refractivity contribution in [3.8, 4) is 0 Å².